The maximum absolute atomic E-state index is 11.1. The van der Waals surface area contributed by atoms with E-state index < -0.39 is 5.97 Å². The normalized spacial score (nSPS) is 9.31. The van der Waals surface area contributed by atoms with Gasteiger partial charge < -0.3 is 0 Å². The fourth-order valence-corrected chi connectivity index (χ4v) is 2.16. The monoisotopic (exact) mass is 390 g/mol. The van der Waals surface area contributed by atoms with Crippen LogP contribution in [-0.2, 0) is 4.74 Å². The van der Waals surface area contributed by atoms with Crippen LogP contribution in [0.15, 0.2) is 18.2 Å². The summed E-state index contributed by atoms with van der Waals surface area (Å²) in [5.74, 6) is 0.212. The first-order valence-corrected chi connectivity index (χ1v) is 5.64. The van der Waals surface area contributed by atoms with Crippen LogP contribution in [0.3, 0.4) is 0 Å². The van der Waals surface area contributed by atoms with Crippen molar-refractivity contribution in [1.29, 1.82) is 0 Å². The minimum atomic E-state index is -0.399. The summed E-state index contributed by atoms with van der Waals surface area (Å²) in [4.78, 5) is 11.1. The van der Waals surface area contributed by atoms with Gasteiger partial charge in [-0.05, 0) is 0 Å². The van der Waals surface area contributed by atoms with Crippen molar-refractivity contribution < 1.29 is 12.2 Å². The number of ether oxygens (including phenoxy) is 1. The number of esters is 1. The number of halogens is 1. The van der Waals surface area contributed by atoms with Crippen LogP contribution >= 0.6 is 11.6 Å². The Hall–Kier alpha value is -0.298. The third-order valence-electron chi connectivity index (χ3n) is 1.48. The summed E-state index contributed by atoms with van der Waals surface area (Å²) in [6.07, 6.45) is 0. The summed E-state index contributed by atoms with van der Waals surface area (Å²) in [6, 6.07) is 4.81. The zero-order valence-electron chi connectivity index (χ0n) is 6.91. The molecule has 0 N–H and O–H groups in total. The molecule has 0 atom stereocenters. The predicted octanol–water partition coefficient (Wildman–Crippen LogP) is 1.59. The van der Waals surface area contributed by atoms with Crippen LogP contribution in [0.5, 0.6) is 5.75 Å². The number of hydrogen-bond donors (Lipinski definition) is 0. The topological polar surface area (TPSA) is 35.5 Å². The zero-order chi connectivity index (χ0) is 9.84. The van der Waals surface area contributed by atoms with E-state index >= 15 is 0 Å². The van der Waals surface area contributed by atoms with E-state index in [4.69, 9.17) is 14.3 Å². The van der Waals surface area contributed by atoms with Gasteiger partial charge in [-0.25, -0.2) is 0 Å². The van der Waals surface area contributed by atoms with E-state index in [1.54, 1.807) is 12.1 Å². The van der Waals surface area contributed by atoms with Crippen molar-refractivity contribution in [3.63, 3.8) is 0 Å². The molecule has 0 aliphatic rings. The summed E-state index contributed by atoms with van der Waals surface area (Å²) in [5, 5.41) is 0.436. The van der Waals surface area contributed by atoms with Gasteiger partial charge in [-0.2, -0.15) is 0 Å². The van der Waals surface area contributed by atoms with Gasteiger partial charge in [-0.3, -0.25) is 0 Å². The molecular weight excluding hydrogens is 384 g/mol. The van der Waals surface area contributed by atoms with Gasteiger partial charge in [0.05, 0.1) is 0 Å². The summed E-state index contributed by atoms with van der Waals surface area (Å²) in [5.41, 5.74) is 0.429. The Labute approximate surface area is 97.3 Å². The van der Waals surface area contributed by atoms with Gasteiger partial charge in [0.1, 0.15) is 0 Å². The molecule has 0 aliphatic carbocycles. The Morgan fingerprint density at radius 2 is 2.23 bits per heavy atom. The average Bonchev–Trinajstić information content (AvgIpc) is 2.16. The van der Waals surface area contributed by atoms with Crippen molar-refractivity contribution in [1.82, 2.24) is 0 Å². The van der Waals surface area contributed by atoms with E-state index in [2.05, 4.69) is 4.74 Å². The molecule has 0 saturated heterocycles. The first-order chi connectivity index (χ1) is 6.19. The molecule has 5 heteroatoms. The summed E-state index contributed by atoms with van der Waals surface area (Å²) in [6.45, 7) is 0. The molecule has 0 spiro atoms. The molecule has 66 valence electrons. The Balaban J connectivity index is 3.02. The van der Waals surface area contributed by atoms with Gasteiger partial charge in [-0.15, -0.1) is 0 Å². The number of methoxy groups -OCH3 is 1. The molecular formula is C8H6ClO3Tl. The van der Waals surface area contributed by atoms with Crippen molar-refractivity contribution in [2.45, 2.75) is 0 Å². The average molecular weight is 390 g/mol. The van der Waals surface area contributed by atoms with E-state index in [9.17, 15) is 4.79 Å². The van der Waals surface area contributed by atoms with Crippen LogP contribution in [-0.4, -0.2) is 39.3 Å². The Kier molecular flexibility index (Phi) is 3.98. The molecule has 0 saturated carbocycles. The van der Waals surface area contributed by atoms with Gasteiger partial charge in [0.15, 0.2) is 0 Å². The van der Waals surface area contributed by atoms with Crippen LogP contribution in [0.1, 0.15) is 10.4 Å². The van der Waals surface area contributed by atoms with Gasteiger partial charge >= 0.3 is 97.7 Å². The van der Waals surface area contributed by atoms with Gasteiger partial charge in [0.25, 0.3) is 0 Å². The van der Waals surface area contributed by atoms with Crippen LogP contribution in [0.2, 0.25) is 5.02 Å². The summed E-state index contributed by atoms with van der Waals surface area (Å²) in [7, 11) is 1.33. The second kappa shape index (κ2) is 4.80. The summed E-state index contributed by atoms with van der Waals surface area (Å²) >= 11 is 6.21. The quantitative estimate of drug-likeness (QED) is 0.569. The van der Waals surface area contributed by atoms with Crippen molar-refractivity contribution >= 4 is 43.8 Å². The Morgan fingerprint density at radius 3 is 2.69 bits per heavy atom. The Bertz CT molecular complexity index is 327. The second-order valence-corrected chi connectivity index (χ2v) is 3.58. The fourth-order valence-electron chi connectivity index (χ4n) is 0.841. The van der Waals surface area contributed by atoms with Gasteiger partial charge in [-0.1, -0.05) is 0 Å². The van der Waals surface area contributed by atoms with Crippen LogP contribution in [0.4, 0.5) is 0 Å². The van der Waals surface area contributed by atoms with Gasteiger partial charge in [0, 0.05) is 0 Å². The molecule has 0 fully saturated rings. The van der Waals surface area contributed by atoms with Crippen LogP contribution in [0, 0.1) is 0 Å². The second-order valence-electron chi connectivity index (χ2n) is 2.25. The van der Waals surface area contributed by atoms with E-state index in [0.29, 0.717) is 42.6 Å². The molecule has 0 aromatic heterocycles. The molecule has 1 rings (SSSR count). The van der Waals surface area contributed by atoms with Crippen molar-refractivity contribution in [3.8, 4) is 5.75 Å². The van der Waals surface area contributed by atoms with Crippen molar-refractivity contribution in [3.05, 3.63) is 28.8 Å². The number of benzene rings is 1. The van der Waals surface area contributed by atoms with E-state index in [0.717, 1.165) is 0 Å². The third kappa shape index (κ3) is 2.57. The number of carbonyl (C=O) groups is 1. The van der Waals surface area contributed by atoms with Crippen LogP contribution < -0.4 is 2.69 Å². The molecule has 0 radical (unpaired) electrons. The molecule has 0 heterocycles. The van der Waals surface area contributed by atoms with Crippen molar-refractivity contribution in [2.24, 2.45) is 0 Å². The van der Waals surface area contributed by atoms with Gasteiger partial charge in [0.2, 0.25) is 0 Å². The molecule has 0 unspecified atom stereocenters. The SMILES string of the molecule is COC(=O)c1ccc([O][Tl])c(Cl)c1. The molecule has 13 heavy (non-hydrogen) atoms. The van der Waals surface area contributed by atoms with Crippen molar-refractivity contribution in [2.75, 3.05) is 7.11 Å². The maximum atomic E-state index is 11.1. The van der Waals surface area contributed by atoms with E-state index in [1.165, 1.54) is 13.2 Å². The van der Waals surface area contributed by atoms with E-state index in [1.807, 2.05) is 0 Å². The molecule has 0 amide bonds. The molecule has 1 aromatic carbocycles. The zero-order valence-corrected chi connectivity index (χ0v) is 12.2. The minimum absolute atomic E-state index is 0.381. The molecule has 1 aromatic rings. The molecule has 0 bridgehead atoms. The van der Waals surface area contributed by atoms with E-state index in [-0.39, 0.29) is 0 Å². The van der Waals surface area contributed by atoms with Crippen LogP contribution in [0.25, 0.3) is 0 Å². The number of hydrogen-bond acceptors (Lipinski definition) is 3. The Morgan fingerprint density at radius 1 is 1.54 bits per heavy atom. The molecule has 0 aliphatic heterocycles. The fraction of sp³-hybridized carbons (Fsp3) is 0.125. The third-order valence-corrected chi connectivity index (χ3v) is 2.76. The first kappa shape index (κ1) is 10.8. The standard InChI is InChI=1S/C8H7ClO3.Tl/c1-12-8(11)5-2-3-7(10)6(9)4-5;/h2-4,10H,1H3;/q;+1/p-1. The number of carbonyl (C=O) groups excluding carboxylic acids is 1. The summed E-state index contributed by atoms with van der Waals surface area (Å²) < 4.78 is 9.63. The predicted molar refractivity (Wildman–Crippen MR) is 49.2 cm³/mol. The first-order valence-electron chi connectivity index (χ1n) is 3.43. The molecule has 3 nitrogen and oxygen atoms in total. The number of rotatable bonds is 2.